The third kappa shape index (κ3) is 5.64. The predicted molar refractivity (Wildman–Crippen MR) is 117 cm³/mol. The Balaban J connectivity index is 1.73. The number of imidazole rings is 1. The molecule has 160 valence electrons. The van der Waals surface area contributed by atoms with Crippen LogP contribution < -0.4 is 10.2 Å². The molecule has 0 spiro atoms. The van der Waals surface area contributed by atoms with Crippen molar-refractivity contribution in [2.45, 2.75) is 51.7 Å². The number of ether oxygens (including phenoxy) is 1. The van der Waals surface area contributed by atoms with Crippen LogP contribution in [0.25, 0.3) is 0 Å². The summed E-state index contributed by atoms with van der Waals surface area (Å²) in [6.45, 7) is 9.30. The van der Waals surface area contributed by atoms with Gasteiger partial charge in [-0.05, 0) is 31.4 Å². The summed E-state index contributed by atoms with van der Waals surface area (Å²) in [6.07, 6.45) is 6.33. The number of piperidine rings is 1. The van der Waals surface area contributed by atoms with E-state index in [9.17, 15) is 10.1 Å². The van der Waals surface area contributed by atoms with E-state index in [-0.39, 0.29) is 18.2 Å². The maximum atomic E-state index is 13.0. The molecule has 1 fully saturated rings. The van der Waals surface area contributed by atoms with Gasteiger partial charge in [0.25, 0.3) is 5.91 Å². The van der Waals surface area contributed by atoms with E-state index in [4.69, 9.17) is 4.74 Å². The van der Waals surface area contributed by atoms with Crippen molar-refractivity contribution in [2.24, 2.45) is 0 Å². The molecule has 1 saturated heterocycles. The lowest BCUT2D eigenvalue weighted by molar-refractivity contribution is 0.0804. The van der Waals surface area contributed by atoms with Crippen molar-refractivity contribution in [3.63, 3.8) is 0 Å². The summed E-state index contributed by atoms with van der Waals surface area (Å²) in [4.78, 5) is 19.3. The second kappa shape index (κ2) is 9.82. The highest BCUT2D eigenvalue weighted by atomic mass is 28.3. The highest BCUT2D eigenvalue weighted by Crippen LogP contribution is 2.25. The van der Waals surface area contributed by atoms with E-state index in [0.29, 0.717) is 18.1 Å². The van der Waals surface area contributed by atoms with E-state index >= 15 is 0 Å². The molecule has 1 aliphatic rings. The molecule has 10 heteroatoms. The van der Waals surface area contributed by atoms with E-state index < -0.39 is 14.0 Å². The van der Waals surface area contributed by atoms with E-state index in [2.05, 4.69) is 51.1 Å². The summed E-state index contributed by atoms with van der Waals surface area (Å²) in [6, 6.07) is 4.81. The summed E-state index contributed by atoms with van der Waals surface area (Å²) in [7, 11) is -1.22. The molecule has 0 aliphatic carbocycles. The molecule has 1 N–H and O–H groups in total. The molecule has 3 heterocycles. The van der Waals surface area contributed by atoms with Crippen LogP contribution >= 0.6 is 0 Å². The summed E-state index contributed by atoms with van der Waals surface area (Å²) in [5, 5.41) is 20.5. The average molecular weight is 428 g/mol. The van der Waals surface area contributed by atoms with Gasteiger partial charge in [0.2, 0.25) is 5.82 Å². The number of hydrogen-bond donors (Lipinski definition) is 1. The first-order valence-corrected chi connectivity index (χ1v) is 14.0. The van der Waals surface area contributed by atoms with Crippen LogP contribution in [0.4, 0.5) is 11.5 Å². The second-order valence-electron chi connectivity index (χ2n) is 8.63. The number of carbonyl (C=O) groups excluding carboxylic acids is 1. The molecule has 2 aromatic heterocycles. The maximum absolute atomic E-state index is 13.0. The van der Waals surface area contributed by atoms with Gasteiger partial charge in [0.05, 0.1) is 18.1 Å². The third-order valence-electron chi connectivity index (χ3n) is 5.00. The molecule has 1 amide bonds. The summed E-state index contributed by atoms with van der Waals surface area (Å²) >= 11 is 0. The van der Waals surface area contributed by atoms with Crippen LogP contribution in [0, 0.1) is 11.3 Å². The smallest absolute Gasteiger partial charge is 0.291 e. The van der Waals surface area contributed by atoms with E-state index in [1.807, 2.05) is 0 Å². The lowest BCUT2D eigenvalue weighted by atomic mass is 10.1. The minimum Gasteiger partial charge on any atom is -0.361 e. The molecule has 0 bridgehead atoms. The van der Waals surface area contributed by atoms with Crippen molar-refractivity contribution >= 4 is 25.5 Å². The minimum absolute atomic E-state index is 0.115. The van der Waals surface area contributed by atoms with E-state index in [1.165, 1.54) is 17.2 Å². The Labute approximate surface area is 178 Å². The van der Waals surface area contributed by atoms with Crippen LogP contribution in [-0.4, -0.2) is 53.4 Å². The van der Waals surface area contributed by atoms with Crippen LogP contribution in [-0.2, 0) is 11.5 Å². The maximum Gasteiger partial charge on any atom is 0.291 e. The van der Waals surface area contributed by atoms with Crippen molar-refractivity contribution in [1.29, 1.82) is 5.26 Å². The number of aromatic nitrogens is 4. The molecule has 3 rings (SSSR count). The molecule has 0 aromatic carbocycles. The zero-order valence-electron chi connectivity index (χ0n) is 17.9. The molecular weight excluding hydrogens is 398 g/mol. The van der Waals surface area contributed by atoms with Crippen molar-refractivity contribution in [1.82, 2.24) is 19.7 Å². The average Bonchev–Trinajstić information content (AvgIpc) is 3.14. The van der Waals surface area contributed by atoms with Crippen LogP contribution in [0.5, 0.6) is 0 Å². The Morgan fingerprint density at radius 1 is 1.30 bits per heavy atom. The molecule has 0 unspecified atom stereocenters. The van der Waals surface area contributed by atoms with Gasteiger partial charge in [0, 0.05) is 27.8 Å². The van der Waals surface area contributed by atoms with Gasteiger partial charge in [0.15, 0.2) is 5.82 Å². The van der Waals surface area contributed by atoms with Crippen LogP contribution in [0.2, 0.25) is 25.7 Å². The Hall–Kier alpha value is -2.77. The first-order valence-electron chi connectivity index (χ1n) is 10.3. The number of rotatable bonds is 8. The van der Waals surface area contributed by atoms with Gasteiger partial charge in [-0.15, -0.1) is 5.10 Å². The number of nitriles is 1. The number of anilines is 2. The van der Waals surface area contributed by atoms with Gasteiger partial charge in [-0.1, -0.05) is 19.6 Å². The van der Waals surface area contributed by atoms with Gasteiger partial charge in [0.1, 0.15) is 18.5 Å². The number of amides is 1. The van der Waals surface area contributed by atoms with Crippen molar-refractivity contribution in [2.75, 3.05) is 29.9 Å². The number of nitrogens with zero attached hydrogens (tertiary/aromatic N) is 6. The molecule has 1 aliphatic heterocycles. The molecular formula is C20H29N7O2Si. The van der Waals surface area contributed by atoms with Gasteiger partial charge < -0.3 is 15.0 Å². The summed E-state index contributed by atoms with van der Waals surface area (Å²) in [5.74, 6) is 0.396. The largest absolute Gasteiger partial charge is 0.361 e. The fourth-order valence-electron chi connectivity index (χ4n) is 3.25. The Kier molecular flexibility index (Phi) is 7.18. The minimum atomic E-state index is -1.22. The van der Waals surface area contributed by atoms with Crippen molar-refractivity contribution < 1.29 is 9.53 Å². The predicted octanol–water partition coefficient (Wildman–Crippen LogP) is 3.10. The highest BCUT2D eigenvalue weighted by molar-refractivity contribution is 6.76. The van der Waals surface area contributed by atoms with Crippen LogP contribution in [0.3, 0.4) is 0 Å². The van der Waals surface area contributed by atoms with Gasteiger partial charge >= 0.3 is 0 Å². The molecule has 9 nitrogen and oxygen atoms in total. The molecule has 0 radical (unpaired) electrons. The van der Waals surface area contributed by atoms with Crippen LogP contribution in [0.15, 0.2) is 18.5 Å². The molecule has 2 aromatic rings. The highest BCUT2D eigenvalue weighted by Gasteiger charge is 2.22. The van der Waals surface area contributed by atoms with E-state index in [1.54, 1.807) is 12.3 Å². The lowest BCUT2D eigenvalue weighted by Crippen LogP contribution is -2.31. The van der Waals surface area contributed by atoms with Gasteiger partial charge in [-0.2, -0.15) is 10.4 Å². The topological polar surface area (TPSA) is 109 Å². The number of nitrogens with one attached hydrogen (secondary N) is 1. The van der Waals surface area contributed by atoms with E-state index in [0.717, 1.165) is 32.0 Å². The zero-order valence-corrected chi connectivity index (χ0v) is 18.9. The normalized spacial score (nSPS) is 14.4. The third-order valence-corrected chi connectivity index (χ3v) is 6.70. The number of hydrogen-bond acceptors (Lipinski definition) is 7. The fraction of sp³-hybridized carbons (Fsp3) is 0.550. The number of carbonyl (C=O) groups is 1. The van der Waals surface area contributed by atoms with Crippen molar-refractivity contribution in [3.05, 3.63) is 30.0 Å². The monoisotopic (exact) mass is 427 g/mol. The van der Waals surface area contributed by atoms with Crippen LogP contribution in [0.1, 0.15) is 35.6 Å². The summed E-state index contributed by atoms with van der Waals surface area (Å²) < 4.78 is 7.26. The fourth-order valence-corrected chi connectivity index (χ4v) is 4.01. The molecule has 0 saturated carbocycles. The Bertz CT molecular complexity index is 911. The van der Waals surface area contributed by atoms with Crippen molar-refractivity contribution in [3.8, 4) is 6.07 Å². The first-order chi connectivity index (χ1) is 14.4. The van der Waals surface area contributed by atoms with Gasteiger partial charge in [-0.3, -0.25) is 9.36 Å². The Morgan fingerprint density at radius 3 is 2.77 bits per heavy atom. The first kappa shape index (κ1) is 21.9. The Morgan fingerprint density at radius 2 is 2.07 bits per heavy atom. The quantitative estimate of drug-likeness (QED) is 0.509. The zero-order chi connectivity index (χ0) is 21.6. The lowest BCUT2D eigenvalue weighted by Gasteiger charge is -2.28. The second-order valence-corrected chi connectivity index (χ2v) is 14.2. The SMILES string of the molecule is C[Si](C)(C)CCOCn1c(C#N)cnc1C(=O)Nc1ccnnc1N1CCCCC1. The standard InChI is InChI=1S/C20H29N7O2Si/c1-30(2,3)12-11-29-15-27-16(13-21)14-22-19(27)20(28)24-17-7-8-23-25-18(17)26-9-5-4-6-10-26/h7-8,14H,4-6,9-12,15H2,1-3H3,(H,23,24,28). The molecule has 0 atom stereocenters. The summed E-state index contributed by atoms with van der Waals surface area (Å²) in [5.41, 5.74) is 0.877. The molecule has 30 heavy (non-hydrogen) atoms. The van der Waals surface area contributed by atoms with Gasteiger partial charge in [-0.25, -0.2) is 4.98 Å².